The molecule has 1 saturated heterocycles. The van der Waals surface area contributed by atoms with Gasteiger partial charge in [-0.15, -0.1) is 0 Å². The maximum atomic E-state index is 12.0. The molecule has 0 bridgehead atoms. The Labute approximate surface area is 78.9 Å². The van der Waals surface area contributed by atoms with Crippen LogP contribution in [0.2, 0.25) is 0 Å². The lowest BCUT2D eigenvalue weighted by Gasteiger charge is -2.19. The van der Waals surface area contributed by atoms with E-state index in [0.717, 1.165) is 0 Å². The Morgan fingerprint density at radius 2 is 1.86 bits per heavy atom. The minimum atomic E-state index is -4.94. The molecule has 80 valence electrons. The van der Waals surface area contributed by atoms with Gasteiger partial charge in [-0.3, -0.25) is 14.5 Å². The van der Waals surface area contributed by atoms with Gasteiger partial charge in [-0.1, -0.05) is 6.42 Å². The monoisotopic (exact) mass is 209 g/mol. The van der Waals surface area contributed by atoms with Gasteiger partial charge in [-0.05, 0) is 12.8 Å². The van der Waals surface area contributed by atoms with Gasteiger partial charge >= 0.3 is 12.1 Å². The van der Waals surface area contributed by atoms with Crippen LogP contribution in [0.3, 0.4) is 0 Å². The van der Waals surface area contributed by atoms with Gasteiger partial charge in [0, 0.05) is 13.0 Å². The molecule has 0 saturated carbocycles. The molecule has 0 spiro atoms. The van der Waals surface area contributed by atoms with Crippen molar-refractivity contribution in [3.05, 3.63) is 0 Å². The summed E-state index contributed by atoms with van der Waals surface area (Å²) in [6, 6.07) is 0. The molecule has 3 nitrogen and oxygen atoms in total. The van der Waals surface area contributed by atoms with Crippen molar-refractivity contribution < 1.29 is 22.8 Å². The second-order valence-electron chi connectivity index (χ2n) is 3.16. The molecule has 1 fully saturated rings. The van der Waals surface area contributed by atoms with E-state index < -0.39 is 18.0 Å². The third-order valence-corrected chi connectivity index (χ3v) is 2.06. The summed E-state index contributed by atoms with van der Waals surface area (Å²) >= 11 is 0. The van der Waals surface area contributed by atoms with Crippen molar-refractivity contribution in [1.82, 2.24) is 4.90 Å². The molecule has 0 aromatic rings. The van der Waals surface area contributed by atoms with Crippen LogP contribution in [0, 0.1) is 0 Å². The summed E-state index contributed by atoms with van der Waals surface area (Å²) < 4.78 is 36.0. The van der Waals surface area contributed by atoms with E-state index in [4.69, 9.17) is 0 Å². The number of amides is 2. The van der Waals surface area contributed by atoms with Crippen LogP contribution in [-0.4, -0.2) is 29.4 Å². The Balaban J connectivity index is 2.74. The lowest BCUT2D eigenvalue weighted by Crippen LogP contribution is -2.44. The molecular formula is C8H10F3NO2. The number of rotatable bonds is 0. The van der Waals surface area contributed by atoms with Crippen LogP contribution in [0.1, 0.15) is 25.7 Å². The number of likely N-dealkylation sites (tertiary alicyclic amines) is 1. The SMILES string of the molecule is O=C1CCCCCN1C(=O)C(F)(F)F. The van der Waals surface area contributed by atoms with Crippen LogP contribution >= 0.6 is 0 Å². The van der Waals surface area contributed by atoms with Crippen molar-refractivity contribution >= 4 is 11.8 Å². The van der Waals surface area contributed by atoms with Gasteiger partial charge < -0.3 is 0 Å². The Morgan fingerprint density at radius 3 is 2.43 bits per heavy atom. The smallest absolute Gasteiger partial charge is 0.275 e. The molecule has 1 aliphatic rings. The quantitative estimate of drug-likeness (QED) is 0.606. The first-order valence-electron chi connectivity index (χ1n) is 4.34. The largest absolute Gasteiger partial charge is 0.471 e. The Hall–Kier alpha value is -1.07. The molecule has 2 amide bonds. The average Bonchev–Trinajstić information content (AvgIpc) is 2.27. The van der Waals surface area contributed by atoms with Crippen LogP contribution in [-0.2, 0) is 9.59 Å². The topological polar surface area (TPSA) is 37.4 Å². The second-order valence-corrected chi connectivity index (χ2v) is 3.16. The highest BCUT2D eigenvalue weighted by molar-refractivity contribution is 5.98. The molecule has 1 heterocycles. The number of nitrogens with zero attached hydrogens (tertiary/aromatic N) is 1. The normalized spacial score (nSPS) is 19.4. The predicted octanol–water partition coefficient (Wildman–Crippen LogP) is 1.48. The maximum absolute atomic E-state index is 12.0. The second kappa shape index (κ2) is 3.98. The molecule has 0 aliphatic carbocycles. The predicted molar refractivity (Wildman–Crippen MR) is 41.2 cm³/mol. The first kappa shape index (κ1) is 11.0. The molecule has 0 radical (unpaired) electrons. The first-order chi connectivity index (χ1) is 6.43. The molecule has 0 aromatic heterocycles. The van der Waals surface area contributed by atoms with Crippen molar-refractivity contribution in [2.45, 2.75) is 31.9 Å². The highest BCUT2D eigenvalue weighted by Gasteiger charge is 2.44. The maximum Gasteiger partial charge on any atom is 0.471 e. The van der Waals surface area contributed by atoms with E-state index in [1.807, 2.05) is 0 Å². The third kappa shape index (κ3) is 2.46. The minimum Gasteiger partial charge on any atom is -0.275 e. The highest BCUT2D eigenvalue weighted by atomic mass is 19.4. The van der Waals surface area contributed by atoms with E-state index >= 15 is 0 Å². The summed E-state index contributed by atoms with van der Waals surface area (Å²) in [5.41, 5.74) is 0. The molecule has 6 heteroatoms. The average molecular weight is 209 g/mol. The Bertz CT molecular complexity index is 249. The van der Waals surface area contributed by atoms with Gasteiger partial charge in [-0.25, -0.2) is 0 Å². The molecule has 0 atom stereocenters. The van der Waals surface area contributed by atoms with Crippen LogP contribution in [0.4, 0.5) is 13.2 Å². The molecule has 0 aromatic carbocycles. The molecular weight excluding hydrogens is 199 g/mol. The van der Waals surface area contributed by atoms with Crippen molar-refractivity contribution in [2.75, 3.05) is 6.54 Å². The van der Waals surface area contributed by atoms with Gasteiger partial charge in [0.15, 0.2) is 0 Å². The number of carbonyl (C=O) groups is 2. The fourth-order valence-corrected chi connectivity index (χ4v) is 1.35. The summed E-state index contributed by atoms with van der Waals surface area (Å²) in [5.74, 6) is -2.76. The number of halogens is 3. The standard InChI is InChI=1S/C8H10F3NO2/c9-8(10,11)7(14)12-5-3-1-2-4-6(12)13/h1-5H2. The summed E-state index contributed by atoms with van der Waals surface area (Å²) in [6.07, 6.45) is -3.22. The van der Waals surface area contributed by atoms with Gasteiger partial charge in [-0.2, -0.15) is 13.2 Å². The van der Waals surface area contributed by atoms with Crippen molar-refractivity contribution in [3.63, 3.8) is 0 Å². The van der Waals surface area contributed by atoms with Crippen LogP contribution < -0.4 is 0 Å². The summed E-state index contributed by atoms with van der Waals surface area (Å²) in [6.45, 7) is -0.114. The molecule has 14 heavy (non-hydrogen) atoms. The third-order valence-electron chi connectivity index (χ3n) is 2.06. The zero-order chi connectivity index (χ0) is 10.8. The van der Waals surface area contributed by atoms with Crippen LogP contribution in [0.5, 0.6) is 0 Å². The number of alkyl halides is 3. The van der Waals surface area contributed by atoms with Crippen molar-refractivity contribution in [1.29, 1.82) is 0 Å². The van der Waals surface area contributed by atoms with Crippen molar-refractivity contribution in [2.24, 2.45) is 0 Å². The summed E-state index contributed by atoms with van der Waals surface area (Å²) in [5, 5.41) is 0. The zero-order valence-corrected chi connectivity index (χ0v) is 7.43. The van der Waals surface area contributed by atoms with E-state index in [0.29, 0.717) is 24.2 Å². The molecule has 0 N–H and O–H groups in total. The lowest BCUT2D eigenvalue weighted by atomic mass is 10.2. The van der Waals surface area contributed by atoms with E-state index in [9.17, 15) is 22.8 Å². The van der Waals surface area contributed by atoms with Crippen LogP contribution in [0.15, 0.2) is 0 Å². The van der Waals surface area contributed by atoms with Crippen molar-refractivity contribution in [3.8, 4) is 0 Å². The number of hydrogen-bond acceptors (Lipinski definition) is 2. The summed E-state index contributed by atoms with van der Waals surface area (Å²) in [4.78, 5) is 22.2. The minimum absolute atomic E-state index is 0.0296. The first-order valence-corrected chi connectivity index (χ1v) is 4.34. The lowest BCUT2D eigenvalue weighted by molar-refractivity contribution is -0.187. The van der Waals surface area contributed by atoms with E-state index in [2.05, 4.69) is 0 Å². The van der Waals surface area contributed by atoms with E-state index in [-0.39, 0.29) is 13.0 Å². The Kier molecular flexibility index (Phi) is 3.13. The zero-order valence-electron chi connectivity index (χ0n) is 7.43. The number of carbonyl (C=O) groups excluding carboxylic acids is 2. The van der Waals surface area contributed by atoms with Crippen LogP contribution in [0.25, 0.3) is 0 Å². The van der Waals surface area contributed by atoms with Gasteiger partial charge in [0.05, 0.1) is 0 Å². The van der Waals surface area contributed by atoms with Gasteiger partial charge in [0.25, 0.3) is 0 Å². The van der Waals surface area contributed by atoms with Gasteiger partial charge in [0.2, 0.25) is 5.91 Å². The number of hydrogen-bond donors (Lipinski definition) is 0. The fourth-order valence-electron chi connectivity index (χ4n) is 1.35. The van der Waals surface area contributed by atoms with E-state index in [1.54, 1.807) is 0 Å². The molecule has 0 unspecified atom stereocenters. The van der Waals surface area contributed by atoms with Gasteiger partial charge in [0.1, 0.15) is 0 Å². The Morgan fingerprint density at radius 1 is 1.21 bits per heavy atom. The number of imide groups is 1. The highest BCUT2D eigenvalue weighted by Crippen LogP contribution is 2.21. The van der Waals surface area contributed by atoms with E-state index in [1.165, 1.54) is 0 Å². The summed E-state index contributed by atoms with van der Waals surface area (Å²) in [7, 11) is 0. The fraction of sp³-hybridized carbons (Fsp3) is 0.750. The molecule has 1 rings (SSSR count). The molecule has 1 aliphatic heterocycles.